The summed E-state index contributed by atoms with van der Waals surface area (Å²) in [4.78, 5) is 2.69. The first-order valence-corrected chi connectivity index (χ1v) is 9.21. The molecule has 0 radical (unpaired) electrons. The fraction of sp³-hybridized carbons (Fsp3) is 0.579. The van der Waals surface area contributed by atoms with E-state index in [1.54, 1.807) is 0 Å². The molecule has 0 aliphatic carbocycles. The summed E-state index contributed by atoms with van der Waals surface area (Å²) in [7, 11) is 0. The van der Waals surface area contributed by atoms with Crippen molar-refractivity contribution in [2.75, 3.05) is 26.3 Å². The predicted molar refractivity (Wildman–Crippen MR) is 91.7 cm³/mol. The van der Waals surface area contributed by atoms with Crippen LogP contribution in [0.2, 0.25) is 0 Å². The number of rotatable bonds is 2. The van der Waals surface area contributed by atoms with Crippen molar-refractivity contribution in [3.8, 4) is 11.3 Å². The highest BCUT2D eigenvalue weighted by molar-refractivity contribution is 5.61. The van der Waals surface area contributed by atoms with E-state index in [9.17, 15) is 0 Å². The standard InChI is InChI=1S/C19H24N4O/c1-2-4-14(5-3-1)19-17-7-6-15-12-22(16-8-10-24-11-9-16)13-18(15)23(17)21-20-19/h1-5,15-16,18H,6-13H2/t15-,18-/m1/s1. The molecule has 5 rings (SSSR count). The summed E-state index contributed by atoms with van der Waals surface area (Å²) >= 11 is 0. The SMILES string of the molecule is c1ccc(-c2nnn3c2CC[C@@H]2CN(C4CCOCC4)C[C@H]23)cc1. The molecule has 5 heteroatoms. The van der Waals surface area contributed by atoms with Crippen molar-refractivity contribution >= 4 is 0 Å². The Kier molecular flexibility index (Phi) is 3.64. The van der Waals surface area contributed by atoms with Crippen LogP contribution >= 0.6 is 0 Å². The maximum absolute atomic E-state index is 5.53. The van der Waals surface area contributed by atoms with Gasteiger partial charge in [-0.3, -0.25) is 4.90 Å². The van der Waals surface area contributed by atoms with E-state index in [4.69, 9.17) is 4.74 Å². The van der Waals surface area contributed by atoms with Gasteiger partial charge in [0.25, 0.3) is 0 Å². The van der Waals surface area contributed by atoms with Gasteiger partial charge in [0.05, 0.1) is 11.7 Å². The highest BCUT2D eigenvalue weighted by atomic mass is 16.5. The number of nitrogens with zero attached hydrogens (tertiary/aromatic N) is 4. The van der Waals surface area contributed by atoms with E-state index in [0.717, 1.165) is 37.8 Å². The molecule has 2 aromatic rings. The van der Waals surface area contributed by atoms with E-state index in [0.29, 0.717) is 12.1 Å². The molecule has 2 saturated heterocycles. The van der Waals surface area contributed by atoms with Crippen molar-refractivity contribution in [3.63, 3.8) is 0 Å². The van der Waals surface area contributed by atoms with Gasteiger partial charge >= 0.3 is 0 Å². The maximum atomic E-state index is 5.53. The summed E-state index contributed by atoms with van der Waals surface area (Å²) in [6.07, 6.45) is 4.72. The first kappa shape index (κ1) is 14.6. The van der Waals surface area contributed by atoms with Crippen LogP contribution in [-0.2, 0) is 11.2 Å². The molecule has 0 bridgehead atoms. The fourth-order valence-corrected chi connectivity index (χ4v) is 4.75. The summed E-state index contributed by atoms with van der Waals surface area (Å²) in [5, 5.41) is 9.11. The van der Waals surface area contributed by atoms with Crippen LogP contribution < -0.4 is 0 Å². The van der Waals surface area contributed by atoms with Crippen LogP contribution in [-0.4, -0.2) is 52.2 Å². The molecule has 2 fully saturated rings. The zero-order valence-electron chi connectivity index (χ0n) is 14.0. The molecule has 5 nitrogen and oxygen atoms in total. The summed E-state index contributed by atoms with van der Waals surface area (Å²) in [5.74, 6) is 0.727. The molecule has 0 amide bonds. The average molecular weight is 324 g/mol. The van der Waals surface area contributed by atoms with Gasteiger partial charge < -0.3 is 4.74 Å². The Hall–Kier alpha value is -1.72. The van der Waals surface area contributed by atoms with Crippen LogP contribution in [0.15, 0.2) is 30.3 Å². The molecule has 0 spiro atoms. The number of ether oxygens (including phenoxy) is 1. The highest BCUT2D eigenvalue weighted by Gasteiger charge is 2.41. The monoisotopic (exact) mass is 324 g/mol. The Morgan fingerprint density at radius 1 is 1.00 bits per heavy atom. The first-order chi connectivity index (χ1) is 11.9. The van der Waals surface area contributed by atoms with Gasteiger partial charge in [-0.15, -0.1) is 5.10 Å². The van der Waals surface area contributed by atoms with Crippen molar-refractivity contribution in [1.29, 1.82) is 0 Å². The second kappa shape index (κ2) is 5.97. The van der Waals surface area contributed by atoms with Crippen LogP contribution in [0.1, 0.15) is 31.0 Å². The quantitative estimate of drug-likeness (QED) is 0.851. The zero-order valence-corrected chi connectivity index (χ0v) is 14.0. The average Bonchev–Trinajstić information content (AvgIpc) is 3.27. The Labute approximate surface area is 142 Å². The molecular formula is C19H24N4O. The van der Waals surface area contributed by atoms with E-state index < -0.39 is 0 Å². The van der Waals surface area contributed by atoms with Crippen LogP contribution in [0.25, 0.3) is 11.3 Å². The third-order valence-corrected chi connectivity index (χ3v) is 6.05. The summed E-state index contributed by atoms with van der Waals surface area (Å²) < 4.78 is 7.78. The Morgan fingerprint density at radius 3 is 2.67 bits per heavy atom. The maximum Gasteiger partial charge on any atom is 0.116 e. The number of hydrogen-bond acceptors (Lipinski definition) is 4. The molecular weight excluding hydrogens is 300 g/mol. The highest BCUT2D eigenvalue weighted by Crippen LogP contribution is 2.40. The van der Waals surface area contributed by atoms with Gasteiger partial charge in [0.2, 0.25) is 0 Å². The number of likely N-dealkylation sites (tertiary alicyclic amines) is 1. The number of benzene rings is 1. The van der Waals surface area contributed by atoms with Crippen LogP contribution in [0.3, 0.4) is 0 Å². The van der Waals surface area contributed by atoms with Gasteiger partial charge in [-0.05, 0) is 31.6 Å². The van der Waals surface area contributed by atoms with E-state index in [-0.39, 0.29) is 0 Å². The third-order valence-electron chi connectivity index (χ3n) is 6.05. The minimum absolute atomic E-state index is 0.501. The molecule has 3 aliphatic rings. The molecule has 3 aliphatic heterocycles. The topological polar surface area (TPSA) is 43.2 Å². The first-order valence-electron chi connectivity index (χ1n) is 9.21. The lowest BCUT2D eigenvalue weighted by Gasteiger charge is -2.31. The largest absolute Gasteiger partial charge is 0.381 e. The van der Waals surface area contributed by atoms with Crippen molar-refractivity contribution in [2.45, 2.75) is 37.8 Å². The molecule has 0 saturated carbocycles. The molecule has 2 atom stereocenters. The van der Waals surface area contributed by atoms with Crippen LogP contribution in [0, 0.1) is 5.92 Å². The normalized spacial score (nSPS) is 27.8. The Balaban J connectivity index is 1.41. The lowest BCUT2D eigenvalue weighted by atomic mass is 9.91. The van der Waals surface area contributed by atoms with Crippen molar-refractivity contribution in [1.82, 2.24) is 19.9 Å². The van der Waals surface area contributed by atoms with Crippen LogP contribution in [0.5, 0.6) is 0 Å². The van der Waals surface area contributed by atoms with Gasteiger partial charge in [-0.25, -0.2) is 4.68 Å². The van der Waals surface area contributed by atoms with Crippen LogP contribution in [0.4, 0.5) is 0 Å². The van der Waals surface area contributed by atoms with E-state index >= 15 is 0 Å². The van der Waals surface area contributed by atoms with Crippen molar-refractivity contribution in [3.05, 3.63) is 36.0 Å². The molecule has 1 aromatic heterocycles. The molecule has 1 aromatic carbocycles. The lowest BCUT2D eigenvalue weighted by molar-refractivity contribution is 0.0404. The predicted octanol–water partition coefficient (Wildman–Crippen LogP) is 2.54. The number of fused-ring (bicyclic) bond motifs is 3. The Bertz CT molecular complexity index is 707. The van der Waals surface area contributed by atoms with Gasteiger partial charge in [0.15, 0.2) is 0 Å². The van der Waals surface area contributed by atoms with E-state index in [2.05, 4.69) is 50.2 Å². The third kappa shape index (κ3) is 2.38. The molecule has 0 N–H and O–H groups in total. The molecule has 4 heterocycles. The minimum Gasteiger partial charge on any atom is -0.381 e. The fourth-order valence-electron chi connectivity index (χ4n) is 4.75. The van der Waals surface area contributed by atoms with E-state index in [1.807, 2.05) is 0 Å². The second-order valence-electron chi connectivity index (χ2n) is 7.36. The van der Waals surface area contributed by atoms with Crippen molar-refractivity contribution < 1.29 is 4.74 Å². The molecule has 0 unspecified atom stereocenters. The smallest absolute Gasteiger partial charge is 0.116 e. The Morgan fingerprint density at radius 2 is 1.83 bits per heavy atom. The lowest BCUT2D eigenvalue weighted by Crippen LogP contribution is -2.38. The zero-order chi connectivity index (χ0) is 15.9. The second-order valence-corrected chi connectivity index (χ2v) is 7.36. The summed E-state index contributed by atoms with van der Waals surface area (Å²) in [6.45, 7) is 4.18. The molecule has 24 heavy (non-hydrogen) atoms. The van der Waals surface area contributed by atoms with Gasteiger partial charge in [0, 0.05) is 37.9 Å². The van der Waals surface area contributed by atoms with Gasteiger partial charge in [-0.1, -0.05) is 35.5 Å². The number of hydrogen-bond donors (Lipinski definition) is 0. The summed E-state index contributed by atoms with van der Waals surface area (Å²) in [5.41, 5.74) is 3.60. The van der Waals surface area contributed by atoms with Crippen molar-refractivity contribution in [2.24, 2.45) is 5.92 Å². The van der Waals surface area contributed by atoms with Gasteiger partial charge in [-0.2, -0.15) is 0 Å². The summed E-state index contributed by atoms with van der Waals surface area (Å²) in [6, 6.07) is 11.7. The van der Waals surface area contributed by atoms with Gasteiger partial charge in [0.1, 0.15) is 5.69 Å². The number of aromatic nitrogens is 3. The minimum atomic E-state index is 0.501. The van der Waals surface area contributed by atoms with E-state index in [1.165, 1.54) is 37.1 Å². The molecule has 126 valence electrons.